The second-order valence-corrected chi connectivity index (χ2v) is 22.2. The molecule has 0 aliphatic carbocycles. The molecule has 0 aromatic rings. The summed E-state index contributed by atoms with van der Waals surface area (Å²) in [6.45, 7) is 8.51. The number of carbonyl (C=O) groups is 6. The van der Waals surface area contributed by atoms with Crippen molar-refractivity contribution in [1.29, 1.82) is 0 Å². The quantitative estimate of drug-likeness (QED) is 0.0360. The topological polar surface area (TPSA) is 203 Å². The molecule has 1 heterocycles. The zero-order chi connectivity index (χ0) is 55.5. The van der Waals surface area contributed by atoms with E-state index >= 15 is 0 Å². The van der Waals surface area contributed by atoms with Crippen LogP contribution in [0.5, 0.6) is 0 Å². The molecule has 0 unspecified atom stereocenters. The van der Waals surface area contributed by atoms with Gasteiger partial charge in [-0.3, -0.25) is 48.4 Å². The Labute approximate surface area is 463 Å². The lowest BCUT2D eigenvalue weighted by Crippen LogP contribution is -2.49. The molecule has 5 N–H and O–H groups in total. The van der Waals surface area contributed by atoms with E-state index in [4.69, 9.17) is 0 Å². The van der Waals surface area contributed by atoms with Crippen molar-refractivity contribution in [2.45, 2.75) is 245 Å². The minimum Gasteiger partial charge on any atom is -0.480 e. The van der Waals surface area contributed by atoms with E-state index in [2.05, 4.69) is 24.5 Å². The van der Waals surface area contributed by atoms with Crippen LogP contribution in [0.4, 0.5) is 0 Å². The fraction of sp³-hybridized carbons (Fsp3) is 0.900. The zero-order valence-electron chi connectivity index (χ0n) is 48.8. The second-order valence-electron chi connectivity index (χ2n) is 22.2. The first kappa shape index (κ1) is 70.7. The van der Waals surface area contributed by atoms with Crippen LogP contribution in [-0.2, 0) is 28.8 Å². The molecule has 0 spiro atoms. The zero-order valence-corrected chi connectivity index (χ0v) is 48.8. The molecule has 3 amide bonds. The van der Waals surface area contributed by atoms with Gasteiger partial charge in [-0.05, 0) is 25.7 Å². The van der Waals surface area contributed by atoms with Crippen LogP contribution in [0, 0.1) is 0 Å². The highest BCUT2D eigenvalue weighted by Crippen LogP contribution is 2.16. The molecule has 1 rings (SSSR count). The van der Waals surface area contributed by atoms with Gasteiger partial charge in [0.2, 0.25) is 17.7 Å². The van der Waals surface area contributed by atoms with Crippen LogP contribution in [-0.4, -0.2) is 180 Å². The molecule has 444 valence electrons. The van der Waals surface area contributed by atoms with Gasteiger partial charge in [0.05, 0.1) is 32.7 Å². The molecular formula is C60H115N7O9. The third kappa shape index (κ3) is 45.7. The lowest BCUT2D eigenvalue weighted by atomic mass is 10.0. The highest BCUT2D eigenvalue weighted by atomic mass is 16.4. The van der Waals surface area contributed by atoms with Gasteiger partial charge in [-0.15, -0.1) is 0 Å². The Balaban J connectivity index is 2.49. The van der Waals surface area contributed by atoms with E-state index in [1.165, 1.54) is 180 Å². The van der Waals surface area contributed by atoms with Crippen molar-refractivity contribution < 1.29 is 44.1 Å². The fourth-order valence-corrected chi connectivity index (χ4v) is 10.3. The van der Waals surface area contributed by atoms with Crippen LogP contribution in [0.3, 0.4) is 0 Å². The molecule has 0 bridgehead atoms. The third-order valence-corrected chi connectivity index (χ3v) is 15.1. The number of aliphatic carboxylic acids is 3. The smallest absolute Gasteiger partial charge is 0.317 e. The summed E-state index contributed by atoms with van der Waals surface area (Å²) in [6.07, 6.45) is 44.4. The minimum absolute atomic E-state index is 0.00168. The number of nitrogens with zero attached hydrogens (tertiary/aromatic N) is 5. The number of amides is 3. The highest BCUT2D eigenvalue weighted by molar-refractivity contribution is 5.84. The number of carboxylic acid groups (broad SMARTS) is 3. The Hall–Kier alpha value is -3.34. The minimum atomic E-state index is -1.01. The lowest BCUT2D eigenvalue weighted by molar-refractivity contribution is -0.140. The van der Waals surface area contributed by atoms with Gasteiger partial charge in [0, 0.05) is 78.4 Å². The molecule has 1 aliphatic rings. The average molecular weight is 1080 g/mol. The van der Waals surface area contributed by atoms with Gasteiger partial charge in [-0.1, -0.05) is 213 Å². The van der Waals surface area contributed by atoms with Crippen molar-refractivity contribution in [1.82, 2.24) is 35.1 Å². The molecule has 0 aromatic carbocycles. The SMILES string of the molecule is CCCCCCCCCCCCCCCCCCN(CCCCCCCCCCCCCCCCCC)C(=O)CNC(=O)CCCCCNC(=O)CN1CCN(CC(=O)O)CCN(CC(=O)O)CCN(CC(=O)O)CC1. The fourth-order valence-electron chi connectivity index (χ4n) is 10.3. The maximum atomic E-state index is 13.5. The summed E-state index contributed by atoms with van der Waals surface area (Å²) in [7, 11) is 0. The standard InChI is InChI=1S/C60H115N7O9/c1-3-5-7-9-11-13-15-17-19-21-23-25-27-29-31-36-40-67(41-37-32-30-28-26-24-22-20-18-16-14-12-10-8-6-4-2)57(70)50-62-55(68)38-34-33-35-39-61-56(69)51-63-42-44-64(52-58(71)72)46-48-66(54-60(75)76)49-47-65(45-43-63)53-59(73)74/h3-54H2,1-2H3,(H,61,69)(H,62,68)(H,71,72)(H,73,74)(H,75,76). The van der Waals surface area contributed by atoms with Gasteiger partial charge in [0.1, 0.15) is 0 Å². The average Bonchev–Trinajstić information content (AvgIpc) is 3.38. The molecule has 0 radical (unpaired) electrons. The predicted octanol–water partition coefficient (Wildman–Crippen LogP) is 10.6. The molecule has 1 saturated heterocycles. The van der Waals surface area contributed by atoms with Crippen LogP contribution >= 0.6 is 0 Å². The summed E-state index contributed by atoms with van der Waals surface area (Å²) >= 11 is 0. The molecule has 1 fully saturated rings. The molecule has 1 aliphatic heterocycles. The van der Waals surface area contributed by atoms with Crippen molar-refractivity contribution in [3.05, 3.63) is 0 Å². The van der Waals surface area contributed by atoms with Crippen LogP contribution in [0.15, 0.2) is 0 Å². The lowest BCUT2D eigenvalue weighted by Gasteiger charge is -2.32. The molecule has 0 saturated carbocycles. The van der Waals surface area contributed by atoms with Gasteiger partial charge >= 0.3 is 17.9 Å². The maximum absolute atomic E-state index is 13.5. The molecule has 0 atom stereocenters. The third-order valence-electron chi connectivity index (χ3n) is 15.1. The monoisotopic (exact) mass is 1080 g/mol. The van der Waals surface area contributed by atoms with Crippen LogP contribution in [0.2, 0.25) is 0 Å². The number of unbranched alkanes of at least 4 members (excludes halogenated alkanes) is 32. The first-order chi connectivity index (χ1) is 36.9. The molecule has 76 heavy (non-hydrogen) atoms. The van der Waals surface area contributed by atoms with Crippen molar-refractivity contribution in [3.8, 4) is 0 Å². The Morgan fingerprint density at radius 3 is 0.921 bits per heavy atom. The number of hydrogen-bond acceptors (Lipinski definition) is 10. The van der Waals surface area contributed by atoms with Crippen molar-refractivity contribution in [2.75, 3.05) is 105 Å². The Morgan fingerprint density at radius 2 is 0.618 bits per heavy atom. The van der Waals surface area contributed by atoms with Crippen LogP contribution in [0.1, 0.15) is 245 Å². The Kier molecular flexibility index (Phi) is 47.5. The Bertz CT molecular complexity index is 1390. The normalized spacial score (nSPS) is 14.5. The van der Waals surface area contributed by atoms with Crippen molar-refractivity contribution in [2.24, 2.45) is 0 Å². The number of carbonyl (C=O) groups excluding carboxylic acids is 3. The first-order valence-corrected chi connectivity index (χ1v) is 31.3. The number of hydrogen-bond donors (Lipinski definition) is 5. The van der Waals surface area contributed by atoms with Crippen molar-refractivity contribution in [3.63, 3.8) is 0 Å². The molecule has 16 nitrogen and oxygen atoms in total. The van der Waals surface area contributed by atoms with E-state index in [1.807, 2.05) is 9.80 Å². The van der Waals surface area contributed by atoms with Crippen LogP contribution < -0.4 is 10.6 Å². The second kappa shape index (κ2) is 51.1. The predicted molar refractivity (Wildman–Crippen MR) is 309 cm³/mol. The van der Waals surface area contributed by atoms with E-state index in [-0.39, 0.29) is 50.4 Å². The van der Waals surface area contributed by atoms with E-state index < -0.39 is 17.9 Å². The summed E-state index contributed by atoms with van der Waals surface area (Å²) in [5.74, 6) is -3.35. The maximum Gasteiger partial charge on any atom is 0.317 e. The summed E-state index contributed by atoms with van der Waals surface area (Å²) in [4.78, 5) is 83.2. The summed E-state index contributed by atoms with van der Waals surface area (Å²) in [5.41, 5.74) is 0. The van der Waals surface area contributed by atoms with E-state index in [0.717, 1.165) is 45.2 Å². The van der Waals surface area contributed by atoms with Crippen LogP contribution in [0.25, 0.3) is 0 Å². The number of nitrogens with one attached hydrogen (secondary N) is 2. The number of carboxylic acids is 3. The van der Waals surface area contributed by atoms with E-state index in [9.17, 15) is 44.1 Å². The molecule has 0 aromatic heterocycles. The first-order valence-electron chi connectivity index (χ1n) is 31.3. The molecule has 16 heteroatoms. The highest BCUT2D eigenvalue weighted by Gasteiger charge is 2.21. The van der Waals surface area contributed by atoms with Gasteiger partial charge in [-0.2, -0.15) is 0 Å². The molecular weight excluding hydrogens is 963 g/mol. The van der Waals surface area contributed by atoms with Gasteiger partial charge in [-0.25, -0.2) is 0 Å². The largest absolute Gasteiger partial charge is 0.480 e. The Morgan fingerprint density at radius 1 is 0.342 bits per heavy atom. The van der Waals surface area contributed by atoms with Crippen molar-refractivity contribution >= 4 is 35.6 Å². The summed E-state index contributed by atoms with van der Waals surface area (Å²) in [6, 6.07) is 0. The van der Waals surface area contributed by atoms with E-state index in [0.29, 0.717) is 78.2 Å². The van der Waals surface area contributed by atoms with Gasteiger partial charge in [0.25, 0.3) is 0 Å². The van der Waals surface area contributed by atoms with Gasteiger partial charge in [0.15, 0.2) is 0 Å². The summed E-state index contributed by atoms with van der Waals surface area (Å²) in [5, 5.41) is 34.3. The van der Waals surface area contributed by atoms with Gasteiger partial charge < -0.3 is 30.9 Å². The van der Waals surface area contributed by atoms with E-state index in [1.54, 1.807) is 14.7 Å². The summed E-state index contributed by atoms with van der Waals surface area (Å²) < 4.78 is 0. The number of rotatable bonds is 50.